The van der Waals surface area contributed by atoms with Crippen molar-refractivity contribution in [2.24, 2.45) is 13.0 Å². The summed E-state index contributed by atoms with van der Waals surface area (Å²) in [6.45, 7) is 8.92. The Kier molecular flexibility index (Phi) is 6.33. The topological polar surface area (TPSA) is 54.3 Å². The van der Waals surface area contributed by atoms with Gasteiger partial charge in [0.05, 0.1) is 10.8 Å². The molecule has 1 aliphatic heterocycles. The quantitative estimate of drug-likeness (QED) is 0.587. The van der Waals surface area contributed by atoms with Crippen molar-refractivity contribution in [3.8, 4) is 0 Å². The number of aryl methyl sites for hydroxylation is 3. The highest BCUT2D eigenvalue weighted by atomic mass is 32.2. The fourth-order valence-electron chi connectivity index (χ4n) is 4.52. The van der Waals surface area contributed by atoms with Gasteiger partial charge in [0, 0.05) is 35.7 Å². The van der Waals surface area contributed by atoms with Gasteiger partial charge in [0.15, 0.2) is 0 Å². The Morgan fingerprint density at radius 1 is 1.16 bits per heavy atom. The van der Waals surface area contributed by atoms with Gasteiger partial charge < -0.3 is 9.88 Å². The first-order chi connectivity index (χ1) is 15.3. The molecule has 0 aliphatic carbocycles. The van der Waals surface area contributed by atoms with Crippen molar-refractivity contribution in [2.45, 2.75) is 45.2 Å². The molecule has 168 valence electrons. The van der Waals surface area contributed by atoms with Crippen molar-refractivity contribution >= 4 is 40.2 Å². The van der Waals surface area contributed by atoms with Crippen molar-refractivity contribution in [1.29, 1.82) is 0 Å². The Morgan fingerprint density at radius 3 is 2.53 bits per heavy atom. The summed E-state index contributed by atoms with van der Waals surface area (Å²) in [6, 6.07) is 13.5. The molecule has 2 heterocycles. The number of fused-ring (bicyclic) bond motifs is 3. The molecule has 0 fully saturated rings. The number of nitrogens with zero attached hydrogens (tertiary/aromatic N) is 2. The van der Waals surface area contributed by atoms with E-state index in [1.54, 1.807) is 4.90 Å². The average Bonchev–Trinajstić information content (AvgIpc) is 2.90. The highest BCUT2D eigenvalue weighted by Gasteiger charge is 2.39. The molecule has 5 nitrogen and oxygen atoms in total. The van der Waals surface area contributed by atoms with Crippen molar-refractivity contribution in [2.75, 3.05) is 17.2 Å². The van der Waals surface area contributed by atoms with E-state index in [-0.39, 0.29) is 11.8 Å². The van der Waals surface area contributed by atoms with E-state index in [0.717, 1.165) is 44.7 Å². The third-order valence-corrected chi connectivity index (χ3v) is 7.14. The third-order valence-electron chi connectivity index (χ3n) is 5.98. The Labute approximate surface area is 194 Å². The van der Waals surface area contributed by atoms with Crippen LogP contribution in [0.25, 0.3) is 10.9 Å². The molecular formula is C26H31N3O2S. The van der Waals surface area contributed by atoms with Gasteiger partial charge in [-0.2, -0.15) is 0 Å². The van der Waals surface area contributed by atoms with E-state index in [1.165, 1.54) is 11.8 Å². The molecule has 0 spiro atoms. The summed E-state index contributed by atoms with van der Waals surface area (Å²) in [7, 11) is 2.01. The Morgan fingerprint density at radius 2 is 1.84 bits per heavy atom. The van der Waals surface area contributed by atoms with Crippen LogP contribution < -0.4 is 10.2 Å². The molecule has 0 bridgehead atoms. The average molecular weight is 450 g/mol. The first kappa shape index (κ1) is 22.5. The van der Waals surface area contributed by atoms with E-state index in [2.05, 4.69) is 41.9 Å². The van der Waals surface area contributed by atoms with Crippen molar-refractivity contribution in [1.82, 2.24) is 9.88 Å². The molecule has 1 aromatic heterocycles. The number of anilines is 1. The summed E-state index contributed by atoms with van der Waals surface area (Å²) in [5, 5.41) is 5.13. The molecule has 6 heteroatoms. The zero-order valence-corrected chi connectivity index (χ0v) is 20.3. The van der Waals surface area contributed by atoms with Gasteiger partial charge in [-0.15, -0.1) is 0 Å². The Balaban J connectivity index is 1.91. The third kappa shape index (κ3) is 4.16. The number of carbonyl (C=O) groups excluding carboxylic acids is 2. The predicted molar refractivity (Wildman–Crippen MR) is 132 cm³/mol. The minimum absolute atomic E-state index is 0.0516. The number of rotatable bonds is 5. The summed E-state index contributed by atoms with van der Waals surface area (Å²) < 4.78 is 2.11. The molecule has 32 heavy (non-hydrogen) atoms. The standard InChI is InChI=1S/C26H31N3O2S/c1-16(2)10-11-27-25(31)24-23-20-8-6-7-9-21(20)28(5)26(23)32-15-22(30)29(24)19-13-17(3)12-18(4)14-19/h6-9,12-14,16,24H,10-11,15H2,1-5H3,(H,27,31). The summed E-state index contributed by atoms with van der Waals surface area (Å²) in [5.41, 5.74) is 4.90. The van der Waals surface area contributed by atoms with Crippen LogP contribution in [0, 0.1) is 19.8 Å². The van der Waals surface area contributed by atoms with Gasteiger partial charge in [-0.25, -0.2) is 0 Å². The summed E-state index contributed by atoms with van der Waals surface area (Å²) in [6.07, 6.45) is 0.896. The first-order valence-electron chi connectivity index (χ1n) is 11.2. The van der Waals surface area contributed by atoms with Gasteiger partial charge in [0.2, 0.25) is 11.8 Å². The fourth-order valence-corrected chi connectivity index (χ4v) is 5.59. The van der Waals surface area contributed by atoms with E-state index in [1.807, 2.05) is 45.2 Å². The maximum atomic E-state index is 13.7. The molecule has 1 aliphatic rings. The van der Waals surface area contributed by atoms with Crippen LogP contribution in [0.3, 0.4) is 0 Å². The molecule has 1 unspecified atom stereocenters. The van der Waals surface area contributed by atoms with Gasteiger partial charge >= 0.3 is 0 Å². The van der Waals surface area contributed by atoms with Crippen molar-refractivity contribution < 1.29 is 9.59 Å². The van der Waals surface area contributed by atoms with Gasteiger partial charge in [0.25, 0.3) is 0 Å². The molecule has 1 atom stereocenters. The second-order valence-corrected chi connectivity index (χ2v) is 10.0. The number of hydrogen-bond acceptors (Lipinski definition) is 3. The van der Waals surface area contributed by atoms with Gasteiger partial charge in [-0.1, -0.05) is 49.9 Å². The lowest BCUT2D eigenvalue weighted by Gasteiger charge is -2.30. The number of benzene rings is 2. The van der Waals surface area contributed by atoms with E-state index in [9.17, 15) is 9.59 Å². The number of aromatic nitrogens is 1. The molecule has 2 aromatic carbocycles. The maximum Gasteiger partial charge on any atom is 0.247 e. The Bertz CT molecular complexity index is 1160. The summed E-state index contributed by atoms with van der Waals surface area (Å²) in [5.74, 6) is 0.604. The number of thioether (sulfide) groups is 1. The number of hydrogen-bond donors (Lipinski definition) is 1. The molecule has 2 amide bonds. The zero-order valence-electron chi connectivity index (χ0n) is 19.4. The smallest absolute Gasteiger partial charge is 0.247 e. The molecule has 4 rings (SSSR count). The second-order valence-electron chi connectivity index (χ2n) is 9.07. The van der Waals surface area contributed by atoms with E-state index in [0.29, 0.717) is 18.2 Å². The minimum atomic E-state index is -0.716. The van der Waals surface area contributed by atoms with Crippen molar-refractivity contribution in [3.05, 3.63) is 59.2 Å². The van der Waals surface area contributed by atoms with Gasteiger partial charge in [-0.05, 0) is 55.5 Å². The molecule has 0 saturated carbocycles. The predicted octanol–water partition coefficient (Wildman–Crippen LogP) is 5.14. The largest absolute Gasteiger partial charge is 0.354 e. The SMILES string of the molecule is Cc1cc(C)cc(N2C(=O)CSc3c(c4ccccc4n3C)C2C(=O)NCCC(C)C)c1. The highest BCUT2D eigenvalue weighted by Crippen LogP contribution is 2.43. The van der Waals surface area contributed by atoms with Crippen LogP contribution in [-0.2, 0) is 16.6 Å². The second kappa shape index (κ2) is 9.02. The molecule has 1 N–H and O–H groups in total. The van der Waals surface area contributed by atoms with Crippen LogP contribution >= 0.6 is 11.8 Å². The molecule has 0 radical (unpaired) electrons. The van der Waals surface area contributed by atoms with Crippen LogP contribution in [0.4, 0.5) is 5.69 Å². The lowest BCUT2D eigenvalue weighted by Crippen LogP contribution is -2.44. The Hall–Kier alpha value is -2.73. The number of carbonyl (C=O) groups is 2. The molecule has 0 saturated heterocycles. The number of nitrogens with one attached hydrogen (secondary N) is 1. The van der Waals surface area contributed by atoms with Crippen LogP contribution in [0.1, 0.15) is 43.0 Å². The maximum absolute atomic E-state index is 13.7. The number of para-hydroxylation sites is 1. The van der Waals surface area contributed by atoms with Crippen molar-refractivity contribution in [3.63, 3.8) is 0 Å². The van der Waals surface area contributed by atoms with Gasteiger partial charge in [0.1, 0.15) is 6.04 Å². The monoisotopic (exact) mass is 449 g/mol. The van der Waals surface area contributed by atoms with Crippen LogP contribution in [0.5, 0.6) is 0 Å². The van der Waals surface area contributed by atoms with E-state index < -0.39 is 6.04 Å². The van der Waals surface area contributed by atoms with Crippen LogP contribution in [0.15, 0.2) is 47.5 Å². The summed E-state index contributed by atoms with van der Waals surface area (Å²) >= 11 is 1.52. The lowest BCUT2D eigenvalue weighted by molar-refractivity contribution is -0.125. The highest BCUT2D eigenvalue weighted by molar-refractivity contribution is 8.00. The first-order valence-corrected chi connectivity index (χ1v) is 12.1. The minimum Gasteiger partial charge on any atom is -0.354 e. The molecule has 3 aromatic rings. The number of amides is 2. The fraction of sp³-hybridized carbons (Fsp3) is 0.385. The normalized spacial score (nSPS) is 16.4. The van der Waals surface area contributed by atoms with E-state index in [4.69, 9.17) is 0 Å². The molecular weight excluding hydrogens is 418 g/mol. The van der Waals surface area contributed by atoms with Gasteiger partial charge in [-0.3, -0.25) is 14.5 Å². The van der Waals surface area contributed by atoms with E-state index >= 15 is 0 Å². The summed E-state index contributed by atoms with van der Waals surface area (Å²) in [4.78, 5) is 28.9. The lowest BCUT2D eigenvalue weighted by atomic mass is 10.0. The zero-order chi connectivity index (χ0) is 23.0. The van der Waals surface area contributed by atoms with Crippen LogP contribution in [0.2, 0.25) is 0 Å². The van der Waals surface area contributed by atoms with Crippen LogP contribution in [-0.4, -0.2) is 28.7 Å².